The van der Waals surface area contributed by atoms with E-state index in [-0.39, 0.29) is 48.3 Å². The Morgan fingerprint density at radius 1 is 1.05 bits per heavy atom. The van der Waals surface area contributed by atoms with Crippen LogP contribution in [0, 0.1) is 12.7 Å². The second kappa shape index (κ2) is 13.2. The van der Waals surface area contributed by atoms with Crippen LogP contribution in [0.3, 0.4) is 0 Å². The molecule has 0 bridgehead atoms. The number of ether oxygens (including phenoxy) is 1. The molecule has 0 unspecified atom stereocenters. The molecule has 1 aliphatic heterocycles. The summed E-state index contributed by atoms with van der Waals surface area (Å²) in [5.41, 5.74) is 3.93. The lowest BCUT2D eigenvalue weighted by Gasteiger charge is -2.48. The van der Waals surface area contributed by atoms with Crippen molar-refractivity contribution in [2.24, 2.45) is 0 Å². The number of amides is 1. The molecule has 2 aliphatic rings. The van der Waals surface area contributed by atoms with Crippen molar-refractivity contribution in [2.45, 2.75) is 89.0 Å². The van der Waals surface area contributed by atoms with Gasteiger partial charge in [-0.25, -0.2) is 4.39 Å². The predicted octanol–water partition coefficient (Wildman–Crippen LogP) is 5.78. The number of ketones is 1. The maximum absolute atomic E-state index is 13.9. The number of benzene rings is 3. The average molecular weight is 573 g/mol. The van der Waals surface area contributed by atoms with Crippen LogP contribution in [0.5, 0.6) is 5.75 Å². The highest BCUT2D eigenvalue weighted by Gasteiger charge is 2.45. The van der Waals surface area contributed by atoms with Crippen molar-refractivity contribution in [2.75, 3.05) is 6.54 Å². The second-order valence-corrected chi connectivity index (χ2v) is 11.8. The molecule has 0 aromatic heterocycles. The maximum Gasteiger partial charge on any atom is 0.220 e. The summed E-state index contributed by atoms with van der Waals surface area (Å²) in [6.07, 6.45) is 4.49. The average Bonchev–Trinajstić information content (AvgIpc) is 2.98. The van der Waals surface area contributed by atoms with Gasteiger partial charge in [-0.3, -0.25) is 9.59 Å². The smallest absolute Gasteiger partial charge is 0.220 e. The summed E-state index contributed by atoms with van der Waals surface area (Å²) in [4.78, 5) is 25.6. The molecule has 3 aromatic carbocycles. The van der Waals surface area contributed by atoms with E-state index < -0.39 is 18.0 Å². The summed E-state index contributed by atoms with van der Waals surface area (Å²) in [6.45, 7) is 4.06. The number of aryl methyl sites for hydroxylation is 2. The minimum absolute atomic E-state index is 0.0378. The molecule has 1 spiro atoms. The molecule has 3 atom stereocenters. The molecule has 0 radical (unpaired) electrons. The van der Waals surface area contributed by atoms with Crippen LogP contribution in [-0.2, 0) is 17.6 Å². The second-order valence-electron chi connectivity index (χ2n) is 11.8. The molecule has 6 nitrogen and oxygen atoms in total. The quantitative estimate of drug-likeness (QED) is 0.240. The SMILES string of the molecule is CCc1ccc2c(c1)[C@@H](NC[C@@H](O)[C@H](Cc1ccccc1)NC(=O)CCC(=O)c1ccc(C)c(F)c1)CC1(CCC1)O2. The summed E-state index contributed by atoms with van der Waals surface area (Å²) >= 11 is 0. The van der Waals surface area contributed by atoms with Crippen LogP contribution in [0.2, 0.25) is 0 Å². The number of nitrogens with one attached hydrogen (secondary N) is 2. The summed E-state index contributed by atoms with van der Waals surface area (Å²) in [6, 6.07) is 20.0. The van der Waals surface area contributed by atoms with Gasteiger partial charge < -0.3 is 20.5 Å². The van der Waals surface area contributed by atoms with Gasteiger partial charge >= 0.3 is 0 Å². The molecule has 3 N–H and O–H groups in total. The van der Waals surface area contributed by atoms with Crippen molar-refractivity contribution >= 4 is 11.7 Å². The molecule has 42 heavy (non-hydrogen) atoms. The molecular weight excluding hydrogens is 531 g/mol. The number of carbonyl (C=O) groups is 2. The molecule has 7 heteroatoms. The van der Waals surface area contributed by atoms with Crippen molar-refractivity contribution in [1.82, 2.24) is 10.6 Å². The number of halogens is 1. The lowest BCUT2D eigenvalue weighted by atomic mass is 9.72. The first kappa shape index (κ1) is 29.9. The first-order valence-electron chi connectivity index (χ1n) is 15.1. The predicted molar refractivity (Wildman–Crippen MR) is 161 cm³/mol. The Bertz CT molecular complexity index is 1410. The Kier molecular flexibility index (Phi) is 9.39. The molecule has 1 fully saturated rings. The molecule has 0 saturated heterocycles. The number of aliphatic hydroxyl groups excluding tert-OH is 1. The van der Waals surface area contributed by atoms with Gasteiger partial charge in [0.25, 0.3) is 0 Å². The number of Topliss-reactive ketones (excluding diaryl/α,β-unsaturated/α-hetero) is 1. The van der Waals surface area contributed by atoms with Crippen LogP contribution < -0.4 is 15.4 Å². The highest BCUT2D eigenvalue weighted by molar-refractivity contribution is 5.98. The van der Waals surface area contributed by atoms with Crippen LogP contribution in [0.15, 0.2) is 66.7 Å². The van der Waals surface area contributed by atoms with Gasteiger partial charge in [-0.2, -0.15) is 0 Å². The van der Waals surface area contributed by atoms with Gasteiger partial charge in [-0.1, -0.05) is 61.5 Å². The monoisotopic (exact) mass is 572 g/mol. The molecule has 222 valence electrons. The van der Waals surface area contributed by atoms with Gasteiger partial charge in [0.05, 0.1) is 12.1 Å². The summed E-state index contributed by atoms with van der Waals surface area (Å²) < 4.78 is 20.4. The summed E-state index contributed by atoms with van der Waals surface area (Å²) in [7, 11) is 0. The molecule has 1 saturated carbocycles. The Labute approximate surface area is 247 Å². The van der Waals surface area contributed by atoms with Gasteiger partial charge in [0, 0.05) is 43.0 Å². The van der Waals surface area contributed by atoms with Crippen LogP contribution >= 0.6 is 0 Å². The topological polar surface area (TPSA) is 87.7 Å². The van der Waals surface area contributed by atoms with Gasteiger partial charge in [-0.15, -0.1) is 0 Å². The van der Waals surface area contributed by atoms with Crippen LogP contribution in [-0.4, -0.2) is 41.1 Å². The Hall–Kier alpha value is -3.55. The zero-order valence-electron chi connectivity index (χ0n) is 24.5. The van der Waals surface area contributed by atoms with E-state index in [4.69, 9.17) is 4.74 Å². The van der Waals surface area contributed by atoms with Gasteiger partial charge in [0.15, 0.2) is 5.78 Å². The Morgan fingerprint density at radius 3 is 2.52 bits per heavy atom. The first-order valence-corrected chi connectivity index (χ1v) is 15.1. The number of hydrogen-bond acceptors (Lipinski definition) is 5. The minimum Gasteiger partial charge on any atom is -0.487 e. The van der Waals surface area contributed by atoms with Crippen LogP contribution in [0.4, 0.5) is 4.39 Å². The molecular formula is C35H41FN2O4. The largest absolute Gasteiger partial charge is 0.487 e. The molecule has 3 aromatic rings. The Balaban J connectivity index is 1.25. The fourth-order valence-corrected chi connectivity index (χ4v) is 5.97. The number of aliphatic hydroxyl groups is 1. The van der Waals surface area contributed by atoms with E-state index in [9.17, 15) is 19.1 Å². The lowest BCUT2D eigenvalue weighted by molar-refractivity contribution is -0.122. The number of carbonyl (C=O) groups excluding carboxylic acids is 2. The van der Waals surface area contributed by atoms with E-state index in [1.54, 1.807) is 19.1 Å². The number of rotatable bonds is 12. The highest BCUT2D eigenvalue weighted by atomic mass is 19.1. The van der Waals surface area contributed by atoms with Crippen molar-refractivity contribution in [3.63, 3.8) is 0 Å². The molecule has 1 aliphatic carbocycles. The van der Waals surface area contributed by atoms with Crippen molar-refractivity contribution < 1.29 is 23.8 Å². The zero-order chi connectivity index (χ0) is 29.7. The van der Waals surface area contributed by atoms with E-state index in [2.05, 4.69) is 35.8 Å². The minimum atomic E-state index is -0.867. The van der Waals surface area contributed by atoms with E-state index in [0.717, 1.165) is 49.0 Å². The number of fused-ring (bicyclic) bond motifs is 1. The van der Waals surface area contributed by atoms with Gasteiger partial charge in [0.1, 0.15) is 17.2 Å². The van der Waals surface area contributed by atoms with E-state index >= 15 is 0 Å². The van der Waals surface area contributed by atoms with Gasteiger partial charge in [-0.05, 0) is 67.9 Å². The van der Waals surface area contributed by atoms with Crippen molar-refractivity contribution in [1.29, 1.82) is 0 Å². The van der Waals surface area contributed by atoms with E-state index in [0.29, 0.717) is 12.0 Å². The lowest BCUT2D eigenvalue weighted by Crippen LogP contribution is -2.52. The molecule has 5 rings (SSSR count). The molecule has 1 amide bonds. The van der Waals surface area contributed by atoms with E-state index in [1.807, 2.05) is 30.3 Å². The fraction of sp³-hybridized carbons (Fsp3) is 0.429. The normalized spacial score (nSPS) is 18.3. The zero-order valence-corrected chi connectivity index (χ0v) is 24.5. The van der Waals surface area contributed by atoms with E-state index in [1.165, 1.54) is 11.6 Å². The van der Waals surface area contributed by atoms with Crippen molar-refractivity contribution in [3.8, 4) is 5.75 Å². The van der Waals surface area contributed by atoms with Gasteiger partial charge in [0.2, 0.25) is 5.91 Å². The third-order valence-corrected chi connectivity index (χ3v) is 8.78. The standard InChI is InChI=1S/C35H41FN2O4/c1-3-24-11-14-33-27(18-24)30(21-35(42-33)16-7-17-35)37-22-32(40)29(19-25-8-5-4-6-9-25)38-34(41)15-13-31(39)26-12-10-23(2)28(36)20-26/h4-6,8-12,14,18,20,29-30,32,37,40H,3,7,13,15-17,19,21-22H2,1-2H3,(H,38,41)/t29-,30-,32+/m0/s1. The van der Waals surface area contributed by atoms with Crippen molar-refractivity contribution in [3.05, 3.63) is 100 Å². The third kappa shape index (κ3) is 7.08. The summed E-state index contributed by atoms with van der Waals surface area (Å²) in [5.74, 6) is -0.142. The third-order valence-electron chi connectivity index (χ3n) is 8.78. The maximum atomic E-state index is 13.9. The first-order chi connectivity index (χ1) is 20.2. The summed E-state index contributed by atoms with van der Waals surface area (Å²) in [5, 5.41) is 18.0. The van der Waals surface area contributed by atoms with Crippen LogP contribution in [0.25, 0.3) is 0 Å². The number of hydrogen-bond donors (Lipinski definition) is 3. The highest BCUT2D eigenvalue weighted by Crippen LogP contribution is 2.49. The fourth-order valence-electron chi connectivity index (χ4n) is 5.97. The Morgan fingerprint density at radius 2 is 1.83 bits per heavy atom. The molecule has 1 heterocycles. The van der Waals surface area contributed by atoms with Crippen LogP contribution in [0.1, 0.15) is 84.1 Å².